The Bertz CT molecular complexity index is 379. The molecule has 1 atom stereocenters. The number of piperazine rings is 1. The molecule has 4 nitrogen and oxygen atoms in total. The van der Waals surface area contributed by atoms with Crippen LogP contribution in [0.5, 0.6) is 0 Å². The fourth-order valence-corrected chi connectivity index (χ4v) is 3.40. The first-order valence-electron chi connectivity index (χ1n) is 7.38. The number of carbonyl (C=O) groups is 1. The van der Waals surface area contributed by atoms with Crippen LogP contribution in [-0.4, -0.2) is 46.9 Å². The van der Waals surface area contributed by atoms with Crippen LogP contribution in [-0.2, 0) is 4.79 Å². The number of rotatable bonds is 2. The van der Waals surface area contributed by atoms with E-state index in [0.29, 0.717) is 12.5 Å². The molecule has 0 aromatic heterocycles. The van der Waals surface area contributed by atoms with Gasteiger partial charge in [-0.25, -0.2) is 0 Å². The maximum atomic E-state index is 12.6. The highest BCUT2D eigenvalue weighted by Crippen LogP contribution is 2.31. The third kappa shape index (κ3) is 2.76. The van der Waals surface area contributed by atoms with Crippen molar-refractivity contribution >= 4 is 5.91 Å². The summed E-state index contributed by atoms with van der Waals surface area (Å²) in [5.41, 5.74) is -0.0487. The van der Waals surface area contributed by atoms with Gasteiger partial charge in [0.25, 0.3) is 0 Å². The fourth-order valence-electron chi connectivity index (χ4n) is 3.40. The van der Waals surface area contributed by atoms with E-state index in [1.807, 2.05) is 7.05 Å². The normalized spacial score (nSPS) is 29.3. The maximum Gasteiger partial charge on any atom is 0.241 e. The lowest BCUT2D eigenvalue weighted by molar-refractivity contribution is -0.152. The van der Waals surface area contributed by atoms with E-state index in [0.717, 1.165) is 19.4 Å². The van der Waals surface area contributed by atoms with Gasteiger partial charge in [-0.2, -0.15) is 5.26 Å². The Morgan fingerprint density at radius 1 is 1.32 bits per heavy atom. The van der Waals surface area contributed by atoms with Gasteiger partial charge in [0, 0.05) is 18.1 Å². The van der Waals surface area contributed by atoms with Crippen molar-refractivity contribution in [3.05, 3.63) is 0 Å². The Labute approximate surface area is 116 Å². The summed E-state index contributed by atoms with van der Waals surface area (Å²) in [6.07, 6.45) is 6.31. The summed E-state index contributed by atoms with van der Waals surface area (Å²) in [6.45, 7) is 5.12. The number of hydrogen-bond donors (Lipinski definition) is 0. The molecule has 1 aliphatic carbocycles. The monoisotopic (exact) mass is 263 g/mol. The number of carbonyl (C=O) groups excluding carboxylic acids is 1. The molecular formula is C15H25N3O. The van der Waals surface area contributed by atoms with Gasteiger partial charge in [0.1, 0.15) is 6.04 Å². The molecule has 1 saturated carbocycles. The van der Waals surface area contributed by atoms with Crippen LogP contribution in [0.4, 0.5) is 0 Å². The Balaban J connectivity index is 2.19. The molecule has 1 saturated heterocycles. The molecule has 0 aromatic carbocycles. The van der Waals surface area contributed by atoms with Crippen LogP contribution in [0.1, 0.15) is 52.4 Å². The summed E-state index contributed by atoms with van der Waals surface area (Å²) in [5.74, 6) is 0.162. The van der Waals surface area contributed by atoms with E-state index in [1.54, 1.807) is 0 Å². The van der Waals surface area contributed by atoms with Crippen LogP contribution >= 0.6 is 0 Å². The SMILES string of the molecule is CN1C(CC#N)C(=O)N(C2CCCCC2)CC1(C)C. The standard InChI is InChI=1S/C15H25N3O/c1-15(2)11-18(12-7-5-4-6-8-12)14(19)13(9-10-16)17(15)3/h12-13H,4-9,11H2,1-3H3. The number of nitriles is 1. The average Bonchev–Trinajstić information content (AvgIpc) is 2.40. The summed E-state index contributed by atoms with van der Waals surface area (Å²) in [6, 6.07) is 2.30. The largest absolute Gasteiger partial charge is 0.336 e. The second kappa shape index (κ2) is 5.50. The predicted octanol–water partition coefficient (Wildman–Crippen LogP) is 2.15. The minimum atomic E-state index is -0.268. The van der Waals surface area contributed by atoms with Crippen LogP contribution < -0.4 is 0 Å². The van der Waals surface area contributed by atoms with Crippen molar-refractivity contribution in [2.75, 3.05) is 13.6 Å². The van der Waals surface area contributed by atoms with Crippen LogP contribution in [0.15, 0.2) is 0 Å². The molecule has 2 fully saturated rings. The first kappa shape index (κ1) is 14.3. The highest BCUT2D eigenvalue weighted by Gasteiger charge is 2.44. The molecule has 0 aromatic rings. The van der Waals surface area contributed by atoms with Gasteiger partial charge in [-0.15, -0.1) is 0 Å². The van der Waals surface area contributed by atoms with E-state index < -0.39 is 0 Å². The van der Waals surface area contributed by atoms with E-state index >= 15 is 0 Å². The smallest absolute Gasteiger partial charge is 0.241 e. The summed E-state index contributed by atoms with van der Waals surface area (Å²) < 4.78 is 0. The predicted molar refractivity (Wildman–Crippen MR) is 74.4 cm³/mol. The van der Waals surface area contributed by atoms with Crippen LogP contribution in [0.3, 0.4) is 0 Å². The molecule has 106 valence electrons. The van der Waals surface area contributed by atoms with Gasteiger partial charge in [0.15, 0.2) is 0 Å². The molecule has 1 heterocycles. The minimum absolute atomic E-state index is 0.0487. The van der Waals surface area contributed by atoms with Gasteiger partial charge in [-0.05, 0) is 33.7 Å². The van der Waals surface area contributed by atoms with Crippen molar-refractivity contribution in [3.63, 3.8) is 0 Å². The fraction of sp³-hybridized carbons (Fsp3) is 0.867. The molecule has 2 aliphatic rings. The topological polar surface area (TPSA) is 47.3 Å². The van der Waals surface area contributed by atoms with Crippen molar-refractivity contribution in [2.45, 2.75) is 70.0 Å². The third-order valence-corrected chi connectivity index (χ3v) is 4.85. The third-order valence-electron chi connectivity index (χ3n) is 4.85. The molecule has 1 unspecified atom stereocenters. The van der Waals surface area contributed by atoms with Gasteiger partial charge in [0.05, 0.1) is 12.5 Å². The molecular weight excluding hydrogens is 238 g/mol. The van der Waals surface area contributed by atoms with Gasteiger partial charge in [-0.1, -0.05) is 19.3 Å². The summed E-state index contributed by atoms with van der Waals surface area (Å²) in [4.78, 5) is 16.8. The second-order valence-corrected chi connectivity index (χ2v) is 6.56. The molecule has 0 radical (unpaired) electrons. The Hall–Kier alpha value is -1.08. The van der Waals surface area contributed by atoms with Crippen LogP contribution in [0, 0.1) is 11.3 Å². The summed E-state index contributed by atoms with van der Waals surface area (Å²) in [5, 5.41) is 8.97. The number of amides is 1. The van der Waals surface area contributed by atoms with Gasteiger partial charge in [0.2, 0.25) is 5.91 Å². The highest BCUT2D eigenvalue weighted by molar-refractivity contribution is 5.83. The Morgan fingerprint density at radius 3 is 2.53 bits per heavy atom. The highest BCUT2D eigenvalue weighted by atomic mass is 16.2. The van der Waals surface area contributed by atoms with Gasteiger partial charge in [-0.3, -0.25) is 9.69 Å². The molecule has 0 spiro atoms. The molecule has 0 N–H and O–H groups in total. The molecule has 19 heavy (non-hydrogen) atoms. The number of nitrogens with zero attached hydrogens (tertiary/aromatic N) is 3. The summed E-state index contributed by atoms with van der Waals surface area (Å²) >= 11 is 0. The number of likely N-dealkylation sites (N-methyl/N-ethyl adjacent to an activating group) is 1. The zero-order chi connectivity index (χ0) is 14.0. The van der Waals surface area contributed by atoms with E-state index in [1.165, 1.54) is 19.3 Å². The summed E-state index contributed by atoms with van der Waals surface area (Å²) in [7, 11) is 1.97. The zero-order valence-electron chi connectivity index (χ0n) is 12.4. The number of hydrogen-bond acceptors (Lipinski definition) is 3. The zero-order valence-corrected chi connectivity index (χ0v) is 12.4. The van der Waals surface area contributed by atoms with Crippen molar-refractivity contribution in [3.8, 4) is 6.07 Å². The first-order valence-corrected chi connectivity index (χ1v) is 7.38. The van der Waals surface area contributed by atoms with E-state index in [2.05, 4.69) is 29.7 Å². The molecule has 4 heteroatoms. The van der Waals surface area contributed by atoms with Crippen molar-refractivity contribution < 1.29 is 4.79 Å². The van der Waals surface area contributed by atoms with Crippen molar-refractivity contribution in [2.24, 2.45) is 0 Å². The molecule has 0 bridgehead atoms. The minimum Gasteiger partial charge on any atom is -0.336 e. The Kier molecular flexibility index (Phi) is 4.15. The molecule has 1 amide bonds. The lowest BCUT2D eigenvalue weighted by Crippen LogP contribution is -2.67. The first-order chi connectivity index (χ1) is 8.97. The lowest BCUT2D eigenvalue weighted by Gasteiger charge is -2.51. The van der Waals surface area contributed by atoms with Gasteiger partial charge < -0.3 is 4.90 Å². The van der Waals surface area contributed by atoms with E-state index in [4.69, 9.17) is 5.26 Å². The van der Waals surface area contributed by atoms with Crippen LogP contribution in [0.2, 0.25) is 0 Å². The van der Waals surface area contributed by atoms with Gasteiger partial charge >= 0.3 is 0 Å². The van der Waals surface area contributed by atoms with E-state index in [-0.39, 0.29) is 17.5 Å². The Morgan fingerprint density at radius 2 is 1.95 bits per heavy atom. The second-order valence-electron chi connectivity index (χ2n) is 6.56. The molecule has 1 aliphatic heterocycles. The maximum absolute atomic E-state index is 12.6. The van der Waals surface area contributed by atoms with Crippen LogP contribution in [0.25, 0.3) is 0 Å². The average molecular weight is 263 g/mol. The molecule has 2 rings (SSSR count). The van der Waals surface area contributed by atoms with Crippen molar-refractivity contribution in [1.82, 2.24) is 9.80 Å². The van der Waals surface area contributed by atoms with Crippen molar-refractivity contribution in [1.29, 1.82) is 5.26 Å². The van der Waals surface area contributed by atoms with E-state index in [9.17, 15) is 4.79 Å². The lowest BCUT2D eigenvalue weighted by atomic mass is 9.88. The quantitative estimate of drug-likeness (QED) is 0.767.